The van der Waals surface area contributed by atoms with Crippen LogP contribution in [0.3, 0.4) is 0 Å². The number of carbonyl (C=O) groups excluding carboxylic acids is 1. The number of hydrogen-bond acceptors (Lipinski definition) is 4. The molecule has 0 radical (unpaired) electrons. The van der Waals surface area contributed by atoms with Gasteiger partial charge in [-0.3, -0.25) is 4.79 Å². The van der Waals surface area contributed by atoms with E-state index in [4.69, 9.17) is 10.5 Å². The molecule has 1 aromatic carbocycles. The second-order valence-electron chi connectivity index (χ2n) is 3.75. The van der Waals surface area contributed by atoms with Crippen molar-refractivity contribution >= 4 is 33.2 Å². The van der Waals surface area contributed by atoms with E-state index in [0.29, 0.717) is 16.9 Å². The first-order valence-electron chi connectivity index (χ1n) is 5.47. The fourth-order valence-corrected chi connectivity index (χ4v) is 1.91. The zero-order valence-electron chi connectivity index (χ0n) is 10.2. The molecular formula is C13H12BrN3O2. The standard InChI is InChI=1S/C13H12BrN3O2/c1-19-13-9(3-2-6-16-13)12(18)17-8-4-5-11(15)10(14)7-8/h2-7H,15H2,1H3,(H,17,18). The lowest BCUT2D eigenvalue weighted by Gasteiger charge is -2.09. The van der Waals surface area contributed by atoms with E-state index >= 15 is 0 Å². The molecule has 0 aliphatic carbocycles. The molecule has 2 aromatic rings. The van der Waals surface area contributed by atoms with Crippen molar-refractivity contribution in [3.05, 3.63) is 46.6 Å². The maximum Gasteiger partial charge on any atom is 0.261 e. The van der Waals surface area contributed by atoms with Gasteiger partial charge in [0.2, 0.25) is 5.88 Å². The molecule has 0 aliphatic heterocycles. The third kappa shape index (κ3) is 3.03. The molecule has 1 amide bonds. The normalized spacial score (nSPS) is 10.0. The Bertz CT molecular complexity index is 617. The van der Waals surface area contributed by atoms with Crippen molar-refractivity contribution in [2.24, 2.45) is 0 Å². The van der Waals surface area contributed by atoms with Gasteiger partial charge in [-0.05, 0) is 46.3 Å². The fraction of sp³-hybridized carbons (Fsp3) is 0.0769. The summed E-state index contributed by atoms with van der Waals surface area (Å²) in [5, 5.41) is 2.76. The quantitative estimate of drug-likeness (QED) is 0.852. The Balaban J connectivity index is 2.23. The molecule has 0 aliphatic rings. The van der Waals surface area contributed by atoms with Crippen LogP contribution in [0.15, 0.2) is 41.0 Å². The number of nitrogens with two attached hydrogens (primary N) is 1. The second kappa shape index (κ2) is 5.71. The summed E-state index contributed by atoms with van der Waals surface area (Å²) in [7, 11) is 1.47. The minimum atomic E-state index is -0.290. The number of nitrogens with one attached hydrogen (secondary N) is 1. The maximum absolute atomic E-state index is 12.1. The zero-order chi connectivity index (χ0) is 13.8. The number of ether oxygens (including phenoxy) is 1. The second-order valence-corrected chi connectivity index (χ2v) is 4.60. The monoisotopic (exact) mass is 321 g/mol. The van der Waals surface area contributed by atoms with Crippen LogP contribution < -0.4 is 15.8 Å². The smallest absolute Gasteiger partial charge is 0.261 e. The fourth-order valence-electron chi connectivity index (χ4n) is 1.53. The summed E-state index contributed by atoms with van der Waals surface area (Å²) >= 11 is 3.31. The molecule has 0 saturated carbocycles. The maximum atomic E-state index is 12.1. The number of methoxy groups -OCH3 is 1. The Labute approximate surface area is 118 Å². The molecule has 1 aromatic heterocycles. The van der Waals surface area contributed by atoms with E-state index < -0.39 is 0 Å². The first-order valence-corrected chi connectivity index (χ1v) is 6.26. The molecule has 98 valence electrons. The van der Waals surface area contributed by atoms with Crippen molar-refractivity contribution in [3.8, 4) is 5.88 Å². The van der Waals surface area contributed by atoms with Crippen LogP contribution in [0.5, 0.6) is 5.88 Å². The Morgan fingerprint density at radius 2 is 2.21 bits per heavy atom. The van der Waals surface area contributed by atoms with Crippen molar-refractivity contribution in [1.29, 1.82) is 0 Å². The molecule has 19 heavy (non-hydrogen) atoms. The molecule has 0 saturated heterocycles. The molecule has 0 spiro atoms. The number of amides is 1. The lowest BCUT2D eigenvalue weighted by atomic mass is 10.2. The van der Waals surface area contributed by atoms with Crippen LogP contribution in [-0.4, -0.2) is 18.0 Å². The van der Waals surface area contributed by atoms with E-state index in [1.165, 1.54) is 7.11 Å². The third-order valence-corrected chi connectivity index (χ3v) is 3.15. The van der Waals surface area contributed by atoms with Gasteiger partial charge in [-0.1, -0.05) is 0 Å². The van der Waals surface area contributed by atoms with Crippen LogP contribution >= 0.6 is 15.9 Å². The predicted octanol–water partition coefficient (Wildman–Crippen LogP) is 2.69. The molecule has 0 atom stereocenters. The van der Waals surface area contributed by atoms with E-state index in [2.05, 4.69) is 26.2 Å². The van der Waals surface area contributed by atoms with Crippen LogP contribution in [0.2, 0.25) is 0 Å². The van der Waals surface area contributed by atoms with Gasteiger partial charge in [-0.25, -0.2) is 4.98 Å². The number of aromatic nitrogens is 1. The van der Waals surface area contributed by atoms with Gasteiger partial charge >= 0.3 is 0 Å². The average molecular weight is 322 g/mol. The number of nitrogens with zero attached hydrogens (tertiary/aromatic N) is 1. The number of carbonyl (C=O) groups is 1. The largest absolute Gasteiger partial charge is 0.480 e. The first kappa shape index (κ1) is 13.4. The van der Waals surface area contributed by atoms with E-state index in [0.717, 1.165) is 4.47 Å². The molecule has 0 fully saturated rings. The van der Waals surface area contributed by atoms with Gasteiger partial charge in [0.15, 0.2) is 0 Å². The highest BCUT2D eigenvalue weighted by Crippen LogP contribution is 2.24. The van der Waals surface area contributed by atoms with Gasteiger partial charge in [0.1, 0.15) is 5.56 Å². The van der Waals surface area contributed by atoms with Crippen LogP contribution in [-0.2, 0) is 0 Å². The van der Waals surface area contributed by atoms with Crippen LogP contribution in [0.4, 0.5) is 11.4 Å². The summed E-state index contributed by atoms with van der Waals surface area (Å²) < 4.78 is 5.77. The highest BCUT2D eigenvalue weighted by atomic mass is 79.9. The Kier molecular flexibility index (Phi) is 4.01. The minimum absolute atomic E-state index is 0.287. The summed E-state index contributed by atoms with van der Waals surface area (Å²) in [5.74, 6) is -0.00358. The number of nitrogen functional groups attached to an aromatic ring is 1. The number of anilines is 2. The molecular weight excluding hydrogens is 310 g/mol. The summed E-state index contributed by atoms with van der Waals surface area (Å²) in [4.78, 5) is 16.1. The molecule has 0 unspecified atom stereocenters. The highest BCUT2D eigenvalue weighted by Gasteiger charge is 2.13. The summed E-state index contributed by atoms with van der Waals surface area (Å²) in [6.07, 6.45) is 1.56. The van der Waals surface area contributed by atoms with Crippen molar-refractivity contribution in [1.82, 2.24) is 4.98 Å². The van der Waals surface area contributed by atoms with E-state index in [-0.39, 0.29) is 11.8 Å². The number of halogens is 1. The van der Waals surface area contributed by atoms with E-state index in [1.54, 1.807) is 36.5 Å². The number of hydrogen-bond donors (Lipinski definition) is 2. The van der Waals surface area contributed by atoms with Crippen LogP contribution in [0.1, 0.15) is 10.4 Å². The van der Waals surface area contributed by atoms with Gasteiger partial charge in [0.05, 0.1) is 7.11 Å². The van der Waals surface area contributed by atoms with Gasteiger partial charge in [0.25, 0.3) is 5.91 Å². The molecule has 1 heterocycles. The SMILES string of the molecule is COc1ncccc1C(=O)Nc1ccc(N)c(Br)c1. The average Bonchev–Trinajstić information content (AvgIpc) is 2.43. The Morgan fingerprint density at radius 1 is 1.42 bits per heavy atom. The predicted molar refractivity (Wildman–Crippen MR) is 77.3 cm³/mol. The molecule has 3 N–H and O–H groups in total. The Hall–Kier alpha value is -2.08. The lowest BCUT2D eigenvalue weighted by Crippen LogP contribution is -2.13. The number of benzene rings is 1. The van der Waals surface area contributed by atoms with Crippen molar-refractivity contribution in [2.75, 3.05) is 18.2 Å². The number of rotatable bonds is 3. The van der Waals surface area contributed by atoms with Gasteiger partial charge < -0.3 is 15.8 Å². The summed E-state index contributed by atoms with van der Waals surface area (Å²) in [6, 6.07) is 8.49. The zero-order valence-corrected chi connectivity index (χ0v) is 11.8. The van der Waals surface area contributed by atoms with Crippen molar-refractivity contribution in [2.45, 2.75) is 0 Å². The van der Waals surface area contributed by atoms with Gasteiger partial charge in [0, 0.05) is 22.0 Å². The highest BCUT2D eigenvalue weighted by molar-refractivity contribution is 9.10. The summed E-state index contributed by atoms with van der Waals surface area (Å²) in [6.45, 7) is 0. The minimum Gasteiger partial charge on any atom is -0.480 e. The Morgan fingerprint density at radius 3 is 2.89 bits per heavy atom. The van der Waals surface area contributed by atoms with E-state index in [9.17, 15) is 4.79 Å². The molecule has 0 bridgehead atoms. The molecule has 6 heteroatoms. The van der Waals surface area contributed by atoms with Crippen LogP contribution in [0, 0.1) is 0 Å². The van der Waals surface area contributed by atoms with E-state index in [1.807, 2.05) is 0 Å². The first-order chi connectivity index (χ1) is 9.11. The van der Waals surface area contributed by atoms with Crippen molar-refractivity contribution < 1.29 is 9.53 Å². The number of pyridine rings is 1. The topological polar surface area (TPSA) is 77.2 Å². The third-order valence-electron chi connectivity index (χ3n) is 2.47. The molecule has 2 rings (SSSR count). The van der Waals surface area contributed by atoms with Gasteiger partial charge in [-0.2, -0.15) is 0 Å². The lowest BCUT2D eigenvalue weighted by molar-refractivity contribution is 0.102. The van der Waals surface area contributed by atoms with Crippen LogP contribution in [0.25, 0.3) is 0 Å². The van der Waals surface area contributed by atoms with Crippen molar-refractivity contribution in [3.63, 3.8) is 0 Å². The van der Waals surface area contributed by atoms with Gasteiger partial charge in [-0.15, -0.1) is 0 Å². The summed E-state index contributed by atoms with van der Waals surface area (Å²) in [5.41, 5.74) is 7.30. The molecule has 5 nitrogen and oxygen atoms in total.